The van der Waals surface area contributed by atoms with E-state index < -0.39 is 12.7 Å². The number of fused-ring (bicyclic) bond motifs is 1. The standard InChI is InChI=1S/C11H7BrF3NO/c12-8-2-1-3-9-7(8)4-6(5-17)16(9)11(15)10(13)14/h1-5,10-11H. The Hall–Kier alpha value is -1.30. The van der Waals surface area contributed by atoms with Crippen molar-refractivity contribution in [1.29, 1.82) is 0 Å². The van der Waals surface area contributed by atoms with Crippen LogP contribution in [0.2, 0.25) is 0 Å². The van der Waals surface area contributed by atoms with Gasteiger partial charge in [-0.05, 0) is 18.2 Å². The molecule has 0 radical (unpaired) electrons. The lowest BCUT2D eigenvalue weighted by Crippen LogP contribution is -2.14. The number of hydrogen-bond donors (Lipinski definition) is 0. The summed E-state index contributed by atoms with van der Waals surface area (Å²) in [4.78, 5) is 10.8. The van der Waals surface area contributed by atoms with E-state index in [0.29, 0.717) is 20.7 Å². The molecule has 0 aliphatic rings. The van der Waals surface area contributed by atoms with Crippen LogP contribution in [0.15, 0.2) is 28.7 Å². The van der Waals surface area contributed by atoms with Gasteiger partial charge in [-0.25, -0.2) is 13.2 Å². The maximum atomic E-state index is 13.4. The number of benzene rings is 1. The van der Waals surface area contributed by atoms with E-state index in [1.165, 1.54) is 12.1 Å². The number of hydrogen-bond acceptors (Lipinski definition) is 1. The zero-order chi connectivity index (χ0) is 12.6. The van der Waals surface area contributed by atoms with Crippen LogP contribution >= 0.6 is 15.9 Å². The summed E-state index contributed by atoms with van der Waals surface area (Å²) in [6.45, 7) is 0. The molecule has 1 aromatic carbocycles. The van der Waals surface area contributed by atoms with Gasteiger partial charge in [-0.2, -0.15) is 0 Å². The summed E-state index contributed by atoms with van der Waals surface area (Å²) in [6.07, 6.45) is -5.34. The quantitative estimate of drug-likeness (QED) is 0.787. The third-order valence-corrected chi connectivity index (χ3v) is 3.13. The van der Waals surface area contributed by atoms with Crippen molar-refractivity contribution in [2.45, 2.75) is 12.7 Å². The Morgan fingerprint density at radius 2 is 2.00 bits per heavy atom. The smallest absolute Gasteiger partial charge is 0.288 e. The summed E-state index contributed by atoms with van der Waals surface area (Å²) < 4.78 is 39.6. The average Bonchev–Trinajstić information content (AvgIpc) is 2.67. The van der Waals surface area contributed by atoms with Gasteiger partial charge in [-0.3, -0.25) is 4.79 Å². The van der Waals surface area contributed by atoms with Crippen molar-refractivity contribution in [2.24, 2.45) is 0 Å². The van der Waals surface area contributed by atoms with Gasteiger partial charge in [0.2, 0.25) is 6.30 Å². The van der Waals surface area contributed by atoms with Crippen LogP contribution in [-0.4, -0.2) is 17.3 Å². The van der Waals surface area contributed by atoms with Crippen molar-refractivity contribution in [1.82, 2.24) is 4.57 Å². The number of aldehydes is 1. The van der Waals surface area contributed by atoms with Crippen LogP contribution in [0.4, 0.5) is 13.2 Å². The Bertz CT molecular complexity index is 567. The summed E-state index contributed by atoms with van der Waals surface area (Å²) >= 11 is 3.22. The predicted molar refractivity (Wildman–Crippen MR) is 61.2 cm³/mol. The van der Waals surface area contributed by atoms with Gasteiger partial charge in [0, 0.05) is 9.86 Å². The zero-order valence-electron chi connectivity index (χ0n) is 8.41. The minimum Gasteiger partial charge on any atom is -0.302 e. The topological polar surface area (TPSA) is 22.0 Å². The fraction of sp³-hybridized carbons (Fsp3) is 0.182. The molecule has 0 saturated heterocycles. The van der Waals surface area contributed by atoms with Crippen molar-refractivity contribution < 1.29 is 18.0 Å². The summed E-state index contributed by atoms with van der Waals surface area (Å²) in [5.74, 6) is 0. The molecule has 90 valence electrons. The highest BCUT2D eigenvalue weighted by atomic mass is 79.9. The van der Waals surface area contributed by atoms with E-state index in [1.54, 1.807) is 12.1 Å². The first-order valence-corrected chi connectivity index (χ1v) is 5.52. The Labute approximate surface area is 103 Å². The molecule has 2 aromatic rings. The SMILES string of the molecule is O=Cc1cc2c(Br)cccc2n1C(F)C(F)F. The molecular weight excluding hydrogens is 299 g/mol. The number of alkyl halides is 3. The number of halogens is 4. The number of nitrogens with zero attached hydrogens (tertiary/aromatic N) is 1. The molecule has 6 heteroatoms. The van der Waals surface area contributed by atoms with Gasteiger partial charge in [-0.1, -0.05) is 22.0 Å². The second-order valence-electron chi connectivity index (χ2n) is 3.44. The minimum absolute atomic E-state index is 0.111. The van der Waals surface area contributed by atoms with E-state index >= 15 is 0 Å². The normalized spacial score (nSPS) is 13.2. The van der Waals surface area contributed by atoms with Crippen LogP contribution < -0.4 is 0 Å². The average molecular weight is 306 g/mol. The molecule has 2 rings (SSSR count). The molecule has 1 atom stereocenters. The molecule has 17 heavy (non-hydrogen) atoms. The van der Waals surface area contributed by atoms with Crippen LogP contribution in [0.25, 0.3) is 10.9 Å². The summed E-state index contributed by atoms with van der Waals surface area (Å²) in [7, 11) is 0. The van der Waals surface area contributed by atoms with E-state index in [9.17, 15) is 18.0 Å². The lowest BCUT2D eigenvalue weighted by Gasteiger charge is -2.12. The molecule has 2 nitrogen and oxygen atoms in total. The third-order valence-electron chi connectivity index (χ3n) is 2.44. The number of rotatable bonds is 3. The molecule has 0 bridgehead atoms. The first kappa shape index (κ1) is 12.2. The third kappa shape index (κ3) is 1.97. The molecule has 0 spiro atoms. The van der Waals surface area contributed by atoms with E-state index in [-0.39, 0.29) is 11.2 Å². The van der Waals surface area contributed by atoms with Crippen molar-refractivity contribution in [2.75, 3.05) is 0 Å². The zero-order valence-corrected chi connectivity index (χ0v) is 9.99. The first-order valence-electron chi connectivity index (χ1n) is 4.73. The maximum Gasteiger partial charge on any atom is 0.288 e. The van der Waals surface area contributed by atoms with Crippen molar-refractivity contribution in [3.63, 3.8) is 0 Å². The van der Waals surface area contributed by atoms with Crippen molar-refractivity contribution in [3.05, 3.63) is 34.4 Å². The largest absolute Gasteiger partial charge is 0.302 e. The van der Waals surface area contributed by atoms with E-state index in [0.717, 1.165) is 0 Å². The Morgan fingerprint density at radius 3 is 2.59 bits per heavy atom. The predicted octanol–water partition coefficient (Wildman–Crippen LogP) is 3.95. The molecule has 0 aliphatic carbocycles. The molecule has 1 heterocycles. The van der Waals surface area contributed by atoms with Crippen LogP contribution in [0.5, 0.6) is 0 Å². The molecular formula is C11H7BrF3NO. The van der Waals surface area contributed by atoms with Crippen LogP contribution in [0, 0.1) is 0 Å². The number of carbonyl (C=O) groups is 1. The Morgan fingerprint density at radius 1 is 1.29 bits per heavy atom. The highest BCUT2D eigenvalue weighted by molar-refractivity contribution is 9.10. The highest BCUT2D eigenvalue weighted by Gasteiger charge is 2.25. The summed E-state index contributed by atoms with van der Waals surface area (Å²) in [5, 5.41) is 0.526. The van der Waals surface area contributed by atoms with Crippen LogP contribution in [0.1, 0.15) is 16.8 Å². The monoisotopic (exact) mass is 305 g/mol. The van der Waals surface area contributed by atoms with E-state index in [1.807, 2.05) is 0 Å². The lowest BCUT2D eigenvalue weighted by atomic mass is 10.2. The lowest BCUT2D eigenvalue weighted by molar-refractivity contribution is 0.00977. The number of carbonyl (C=O) groups excluding carboxylic acids is 1. The maximum absolute atomic E-state index is 13.4. The molecule has 0 aliphatic heterocycles. The van der Waals surface area contributed by atoms with Crippen LogP contribution in [-0.2, 0) is 0 Å². The summed E-state index contributed by atoms with van der Waals surface area (Å²) in [5.41, 5.74) is 0.147. The van der Waals surface area contributed by atoms with E-state index in [4.69, 9.17) is 0 Å². The summed E-state index contributed by atoms with van der Waals surface area (Å²) in [6, 6.07) is 6.15. The second-order valence-corrected chi connectivity index (χ2v) is 4.29. The number of aromatic nitrogens is 1. The van der Waals surface area contributed by atoms with Gasteiger partial charge in [0.25, 0.3) is 6.43 Å². The Balaban J connectivity index is 2.75. The fourth-order valence-corrected chi connectivity index (χ4v) is 2.18. The fourth-order valence-electron chi connectivity index (χ4n) is 1.71. The van der Waals surface area contributed by atoms with Gasteiger partial charge >= 0.3 is 0 Å². The first-order chi connectivity index (χ1) is 8.06. The molecule has 1 aromatic heterocycles. The molecule has 0 fully saturated rings. The van der Waals surface area contributed by atoms with E-state index in [2.05, 4.69) is 15.9 Å². The Kier molecular flexibility index (Phi) is 3.24. The van der Waals surface area contributed by atoms with Gasteiger partial charge in [0.15, 0.2) is 6.29 Å². The molecule has 0 saturated carbocycles. The van der Waals surface area contributed by atoms with Gasteiger partial charge in [0.05, 0.1) is 11.2 Å². The van der Waals surface area contributed by atoms with Gasteiger partial charge in [-0.15, -0.1) is 0 Å². The van der Waals surface area contributed by atoms with Gasteiger partial charge < -0.3 is 4.57 Å². The van der Waals surface area contributed by atoms with Crippen molar-refractivity contribution in [3.8, 4) is 0 Å². The minimum atomic E-state index is -3.18. The molecule has 0 amide bonds. The molecule has 1 unspecified atom stereocenters. The molecule has 0 N–H and O–H groups in total. The van der Waals surface area contributed by atoms with Crippen LogP contribution in [0.3, 0.4) is 0 Å². The van der Waals surface area contributed by atoms with Gasteiger partial charge in [0.1, 0.15) is 0 Å². The van der Waals surface area contributed by atoms with Crippen molar-refractivity contribution >= 4 is 33.1 Å². The highest BCUT2D eigenvalue weighted by Crippen LogP contribution is 2.31. The second kappa shape index (κ2) is 4.52.